The van der Waals surface area contributed by atoms with Gasteiger partial charge in [-0.2, -0.15) is 0 Å². The smallest absolute Gasteiger partial charge is 1.00 e. The van der Waals surface area contributed by atoms with Gasteiger partial charge in [-0.15, -0.1) is 0 Å². The number of hydrogen-bond donors (Lipinski definition) is 2. The summed E-state index contributed by atoms with van der Waals surface area (Å²) in [6, 6.07) is 2.79. The molecule has 0 saturated carbocycles. The number of nitro groups is 1. The van der Waals surface area contributed by atoms with Crippen molar-refractivity contribution in [1.29, 1.82) is 0 Å². The van der Waals surface area contributed by atoms with Crippen molar-refractivity contribution in [2.45, 2.75) is 13.5 Å². The van der Waals surface area contributed by atoms with E-state index in [4.69, 9.17) is 5.11 Å². The van der Waals surface area contributed by atoms with Gasteiger partial charge in [0.25, 0.3) is 5.91 Å². The molecule has 0 unspecified atom stereocenters. The van der Waals surface area contributed by atoms with Crippen LogP contribution in [-0.2, 0) is 6.54 Å². The predicted molar refractivity (Wildman–Crippen MR) is 78.3 cm³/mol. The molecule has 2 aromatic rings. The van der Waals surface area contributed by atoms with E-state index in [-0.39, 0.29) is 61.1 Å². The Morgan fingerprint density at radius 3 is 2.79 bits per heavy atom. The fraction of sp³-hybridized carbons (Fsp3) is 0.231. The number of aryl methyl sites for hydroxylation is 1. The maximum absolute atomic E-state index is 12.0. The summed E-state index contributed by atoms with van der Waals surface area (Å²) in [5, 5.41) is 22.4. The van der Waals surface area contributed by atoms with Gasteiger partial charge in [-0.25, -0.2) is 19.3 Å². The molecule has 122 valence electrons. The molecule has 2 heterocycles. The quantitative estimate of drug-likeness (QED) is 0.343. The molecule has 0 aliphatic heterocycles. The van der Waals surface area contributed by atoms with Gasteiger partial charge in [-0.1, -0.05) is 0 Å². The second-order valence-electron chi connectivity index (χ2n) is 4.53. The first-order valence-corrected chi connectivity index (χ1v) is 6.55. The largest absolute Gasteiger partial charge is 1.00 e. The first-order valence-electron chi connectivity index (χ1n) is 6.55. The van der Waals surface area contributed by atoms with Crippen LogP contribution < -0.4 is 34.9 Å². The number of nitrogens with one attached hydrogen (secondary N) is 1. The van der Waals surface area contributed by atoms with Gasteiger partial charge >= 0.3 is 41.3 Å². The molecule has 0 aliphatic carbocycles. The molecular formula is C13H14N5NaO5. The van der Waals surface area contributed by atoms with Crippen molar-refractivity contribution >= 4 is 17.7 Å². The summed E-state index contributed by atoms with van der Waals surface area (Å²) in [5.74, 6) is -1.66. The number of carbonyl (C=O) groups excluding carboxylic acids is 1. The molecule has 2 aromatic heterocycles. The number of hydrogen-bond acceptors (Lipinski definition) is 6. The minimum atomic E-state index is -1.31. The molecule has 0 aromatic carbocycles. The first-order chi connectivity index (χ1) is 10.9. The van der Waals surface area contributed by atoms with E-state index in [1.807, 2.05) is 0 Å². The van der Waals surface area contributed by atoms with Crippen LogP contribution in [0, 0.1) is 17.0 Å². The Bertz CT molecular complexity index is 782. The second kappa shape index (κ2) is 8.52. The van der Waals surface area contributed by atoms with Crippen LogP contribution in [-0.4, -0.2) is 43.0 Å². The number of imidazole rings is 1. The van der Waals surface area contributed by atoms with Crippen molar-refractivity contribution in [3.63, 3.8) is 0 Å². The third-order valence-corrected chi connectivity index (χ3v) is 3.10. The average Bonchev–Trinajstić information content (AvgIpc) is 2.88. The van der Waals surface area contributed by atoms with Crippen LogP contribution in [0.2, 0.25) is 0 Å². The van der Waals surface area contributed by atoms with Crippen LogP contribution in [0.25, 0.3) is 0 Å². The second-order valence-corrected chi connectivity index (χ2v) is 4.53. The predicted octanol–water partition coefficient (Wildman–Crippen LogP) is -2.26. The molecule has 2 rings (SSSR count). The zero-order valence-corrected chi connectivity index (χ0v) is 15.1. The van der Waals surface area contributed by atoms with Crippen molar-refractivity contribution in [1.82, 2.24) is 19.9 Å². The summed E-state index contributed by atoms with van der Waals surface area (Å²) in [6.07, 6.45) is 2.42. The number of aromatic carboxylic acids is 1. The molecule has 1 amide bonds. The van der Waals surface area contributed by atoms with Gasteiger partial charge in [0.2, 0.25) is 0 Å². The van der Waals surface area contributed by atoms with Gasteiger partial charge in [0.15, 0.2) is 11.5 Å². The maximum Gasteiger partial charge on any atom is 1.00 e. The van der Waals surface area contributed by atoms with Crippen molar-refractivity contribution in [3.8, 4) is 0 Å². The first kappa shape index (κ1) is 19.7. The van der Waals surface area contributed by atoms with E-state index in [1.165, 1.54) is 22.9 Å². The molecule has 2 N–H and O–H groups in total. The third kappa shape index (κ3) is 4.37. The molecule has 11 heteroatoms. The van der Waals surface area contributed by atoms with E-state index < -0.39 is 16.8 Å². The van der Waals surface area contributed by atoms with Crippen LogP contribution in [0.4, 0.5) is 5.82 Å². The standard InChI is InChI=1S/C13H13N5O5.Na.H/c1-8-16-7-10(18(22)23)17(8)6-5-15-12(19)9-3-2-4-14-11(9)13(20)21;;/h2-4,7H,5-6H2,1H3,(H,15,19)(H,20,21);;/q;+1;-1. The van der Waals surface area contributed by atoms with Crippen LogP contribution in [0.15, 0.2) is 24.5 Å². The van der Waals surface area contributed by atoms with E-state index in [9.17, 15) is 19.7 Å². The molecule has 0 fully saturated rings. The summed E-state index contributed by atoms with van der Waals surface area (Å²) in [4.78, 5) is 40.8. The Kier molecular flexibility index (Phi) is 7.01. The molecule has 0 spiro atoms. The number of carbonyl (C=O) groups is 2. The minimum Gasteiger partial charge on any atom is -1.00 e. The fourth-order valence-electron chi connectivity index (χ4n) is 2.01. The Balaban J connectivity index is 0.00000288. The topological polar surface area (TPSA) is 140 Å². The van der Waals surface area contributed by atoms with Crippen molar-refractivity contribution in [2.24, 2.45) is 0 Å². The van der Waals surface area contributed by atoms with Gasteiger partial charge in [-0.05, 0) is 17.1 Å². The number of pyridine rings is 1. The zero-order chi connectivity index (χ0) is 17.0. The summed E-state index contributed by atoms with van der Waals surface area (Å²) in [6.45, 7) is 1.82. The van der Waals surface area contributed by atoms with Gasteiger partial charge in [0.05, 0.1) is 12.1 Å². The van der Waals surface area contributed by atoms with Gasteiger partial charge in [0.1, 0.15) is 12.7 Å². The number of carboxylic acids is 1. The zero-order valence-electron chi connectivity index (χ0n) is 14.1. The number of nitrogens with zero attached hydrogens (tertiary/aromatic N) is 4. The van der Waals surface area contributed by atoms with Crippen molar-refractivity contribution < 1.29 is 50.6 Å². The number of amides is 1. The number of carboxylic acid groups (broad SMARTS) is 1. The Morgan fingerprint density at radius 2 is 2.17 bits per heavy atom. The van der Waals surface area contributed by atoms with Crippen LogP contribution in [0.5, 0.6) is 0 Å². The van der Waals surface area contributed by atoms with Crippen LogP contribution in [0.1, 0.15) is 28.1 Å². The van der Waals surface area contributed by atoms with E-state index >= 15 is 0 Å². The SMILES string of the molecule is Cc1ncc([N+](=O)[O-])n1CCNC(=O)c1cccnc1C(=O)O.[H-].[Na+]. The molecule has 0 saturated heterocycles. The van der Waals surface area contributed by atoms with Gasteiger partial charge < -0.3 is 22.0 Å². The van der Waals surface area contributed by atoms with Crippen LogP contribution >= 0.6 is 0 Å². The molecule has 24 heavy (non-hydrogen) atoms. The van der Waals surface area contributed by atoms with E-state index in [2.05, 4.69) is 15.3 Å². The summed E-state index contributed by atoms with van der Waals surface area (Å²) in [7, 11) is 0. The molecule has 10 nitrogen and oxygen atoms in total. The Hall–Kier alpha value is -2.30. The molecule has 0 atom stereocenters. The van der Waals surface area contributed by atoms with Gasteiger partial charge in [-0.3, -0.25) is 4.79 Å². The number of rotatable bonds is 6. The molecule has 0 bridgehead atoms. The van der Waals surface area contributed by atoms with Crippen LogP contribution in [0.3, 0.4) is 0 Å². The van der Waals surface area contributed by atoms with Gasteiger partial charge in [0, 0.05) is 13.1 Å². The van der Waals surface area contributed by atoms with Crippen molar-refractivity contribution in [2.75, 3.05) is 6.54 Å². The molecular weight excluding hydrogens is 329 g/mol. The fourth-order valence-corrected chi connectivity index (χ4v) is 2.01. The van der Waals surface area contributed by atoms with Crippen molar-refractivity contribution in [3.05, 3.63) is 51.7 Å². The third-order valence-electron chi connectivity index (χ3n) is 3.10. The minimum absolute atomic E-state index is 0. The number of aromatic nitrogens is 3. The van der Waals surface area contributed by atoms with E-state index in [1.54, 1.807) is 6.92 Å². The van der Waals surface area contributed by atoms with E-state index in [0.29, 0.717) is 5.82 Å². The normalized spacial score (nSPS) is 9.88. The molecule has 0 radical (unpaired) electrons. The Morgan fingerprint density at radius 1 is 1.46 bits per heavy atom. The summed E-state index contributed by atoms with van der Waals surface area (Å²) in [5.41, 5.74) is -0.424. The average molecular weight is 343 g/mol. The Labute approximate surface area is 159 Å². The summed E-state index contributed by atoms with van der Waals surface area (Å²) < 4.78 is 1.35. The maximum atomic E-state index is 12.0. The summed E-state index contributed by atoms with van der Waals surface area (Å²) >= 11 is 0. The monoisotopic (exact) mass is 343 g/mol. The molecule has 0 aliphatic rings. The van der Waals surface area contributed by atoms with E-state index in [0.717, 1.165) is 6.20 Å².